The number of carbonyl (C=O) groups excluding carboxylic acids is 1. The molecular formula is C20H31IN4O3. The molecule has 0 radical (unpaired) electrons. The van der Waals surface area contributed by atoms with Crippen molar-refractivity contribution in [2.45, 2.75) is 57.7 Å². The van der Waals surface area contributed by atoms with Crippen LogP contribution in [0.15, 0.2) is 29.3 Å². The number of nitrogens with two attached hydrogens (primary N) is 1. The molecule has 1 saturated carbocycles. The van der Waals surface area contributed by atoms with Gasteiger partial charge in [-0.3, -0.25) is 4.99 Å². The van der Waals surface area contributed by atoms with Crippen molar-refractivity contribution in [3.63, 3.8) is 0 Å². The minimum Gasteiger partial charge on any atom is -0.493 e. The van der Waals surface area contributed by atoms with Crippen molar-refractivity contribution in [1.82, 2.24) is 10.6 Å². The molecule has 1 aromatic rings. The van der Waals surface area contributed by atoms with E-state index in [2.05, 4.69) is 15.6 Å². The summed E-state index contributed by atoms with van der Waals surface area (Å²) in [5, 5.41) is 6.22. The molecule has 1 aromatic carbocycles. The van der Waals surface area contributed by atoms with Gasteiger partial charge in [0.25, 0.3) is 0 Å². The lowest BCUT2D eigenvalue weighted by molar-refractivity contribution is 0.0500. The van der Waals surface area contributed by atoms with Crippen molar-refractivity contribution in [1.29, 1.82) is 0 Å². The highest BCUT2D eigenvalue weighted by Crippen LogP contribution is 2.33. The molecule has 0 saturated heterocycles. The van der Waals surface area contributed by atoms with Crippen LogP contribution in [0.4, 0.5) is 4.79 Å². The van der Waals surface area contributed by atoms with Crippen molar-refractivity contribution in [2.75, 3.05) is 13.2 Å². The molecule has 1 aliphatic heterocycles. The normalized spacial score (nSPS) is 20.1. The van der Waals surface area contributed by atoms with Gasteiger partial charge in [-0.05, 0) is 45.6 Å². The van der Waals surface area contributed by atoms with Crippen molar-refractivity contribution in [3.8, 4) is 5.75 Å². The van der Waals surface area contributed by atoms with Crippen LogP contribution in [0.1, 0.15) is 51.6 Å². The van der Waals surface area contributed by atoms with Crippen LogP contribution in [0.3, 0.4) is 0 Å². The minimum atomic E-state index is -0.515. The molecule has 2 unspecified atom stereocenters. The number of hydrogen-bond acceptors (Lipinski definition) is 4. The highest BCUT2D eigenvalue weighted by molar-refractivity contribution is 14.0. The summed E-state index contributed by atoms with van der Waals surface area (Å²) in [6.07, 6.45) is 2.61. The van der Waals surface area contributed by atoms with Crippen molar-refractivity contribution in [2.24, 2.45) is 16.6 Å². The van der Waals surface area contributed by atoms with Crippen LogP contribution in [0.2, 0.25) is 0 Å². The molecule has 8 heteroatoms. The second-order valence-corrected chi connectivity index (χ2v) is 8.19. The first-order chi connectivity index (χ1) is 12.8. The molecule has 156 valence electrons. The summed E-state index contributed by atoms with van der Waals surface area (Å²) < 4.78 is 11.0. The van der Waals surface area contributed by atoms with E-state index in [0.29, 0.717) is 25.0 Å². The third kappa shape index (κ3) is 6.72. The van der Waals surface area contributed by atoms with Gasteiger partial charge in [0.15, 0.2) is 5.96 Å². The highest BCUT2D eigenvalue weighted by atomic mass is 127. The number of amides is 1. The molecule has 28 heavy (non-hydrogen) atoms. The number of fused-ring (bicyclic) bond motifs is 1. The lowest BCUT2D eigenvalue weighted by Crippen LogP contribution is -2.43. The number of hydrogen-bond donors (Lipinski definition) is 3. The fraction of sp³-hybridized carbons (Fsp3) is 0.600. The Kier molecular flexibility index (Phi) is 7.79. The number of guanidine groups is 1. The zero-order valence-corrected chi connectivity index (χ0v) is 19.1. The molecule has 2 aliphatic rings. The maximum atomic E-state index is 12.1. The van der Waals surface area contributed by atoms with Crippen molar-refractivity contribution < 1.29 is 14.3 Å². The van der Waals surface area contributed by atoms with Gasteiger partial charge in [-0.25, -0.2) is 4.79 Å². The average Bonchev–Trinajstić information content (AvgIpc) is 3.42. The number of nitrogens with one attached hydrogen (secondary N) is 2. The number of benzene rings is 1. The van der Waals surface area contributed by atoms with E-state index >= 15 is 0 Å². The quantitative estimate of drug-likeness (QED) is 0.326. The second kappa shape index (κ2) is 9.67. The monoisotopic (exact) mass is 502 g/mol. The first-order valence-corrected chi connectivity index (χ1v) is 9.59. The van der Waals surface area contributed by atoms with E-state index in [4.69, 9.17) is 15.2 Å². The van der Waals surface area contributed by atoms with Crippen LogP contribution in [-0.2, 0) is 4.74 Å². The fourth-order valence-electron chi connectivity index (χ4n) is 3.18. The average molecular weight is 502 g/mol. The van der Waals surface area contributed by atoms with Gasteiger partial charge in [-0.1, -0.05) is 18.2 Å². The van der Waals surface area contributed by atoms with Gasteiger partial charge < -0.3 is 25.8 Å². The van der Waals surface area contributed by atoms with Gasteiger partial charge in [-0.2, -0.15) is 0 Å². The lowest BCUT2D eigenvalue weighted by Gasteiger charge is -2.27. The molecule has 0 spiro atoms. The van der Waals surface area contributed by atoms with E-state index in [1.165, 1.54) is 0 Å². The van der Waals surface area contributed by atoms with Gasteiger partial charge >= 0.3 is 6.09 Å². The molecule has 2 atom stereocenters. The van der Waals surface area contributed by atoms with Gasteiger partial charge in [0.1, 0.15) is 11.4 Å². The largest absolute Gasteiger partial charge is 0.493 e. The Morgan fingerprint density at radius 1 is 1.32 bits per heavy atom. The first kappa shape index (κ1) is 22.6. The van der Waals surface area contributed by atoms with Crippen molar-refractivity contribution in [3.05, 3.63) is 29.8 Å². The predicted molar refractivity (Wildman–Crippen MR) is 120 cm³/mol. The molecule has 0 aromatic heterocycles. The number of nitrogens with zero attached hydrogens (tertiary/aromatic N) is 1. The van der Waals surface area contributed by atoms with Crippen LogP contribution in [0, 0.1) is 5.92 Å². The molecule has 3 rings (SSSR count). The zero-order chi connectivity index (χ0) is 19.4. The van der Waals surface area contributed by atoms with Crippen LogP contribution in [0.25, 0.3) is 0 Å². The molecule has 7 nitrogen and oxygen atoms in total. The molecule has 1 aliphatic carbocycles. The van der Waals surface area contributed by atoms with E-state index in [-0.39, 0.29) is 36.1 Å². The molecule has 1 heterocycles. The Balaban J connectivity index is 0.00000280. The van der Waals surface area contributed by atoms with Crippen LogP contribution < -0.4 is 21.1 Å². The number of ether oxygens (including phenoxy) is 2. The summed E-state index contributed by atoms with van der Waals surface area (Å²) in [5.41, 5.74) is 6.69. The Bertz CT molecular complexity index is 701. The smallest absolute Gasteiger partial charge is 0.407 e. The van der Waals surface area contributed by atoms with Gasteiger partial charge in [-0.15, -0.1) is 24.0 Å². The Morgan fingerprint density at radius 2 is 2.04 bits per heavy atom. The number of alkyl carbamates (subject to hydrolysis) is 1. The van der Waals surface area contributed by atoms with E-state index in [1.54, 1.807) is 0 Å². The molecule has 1 amide bonds. The second-order valence-electron chi connectivity index (χ2n) is 8.19. The summed E-state index contributed by atoms with van der Waals surface area (Å²) in [7, 11) is 0. The van der Waals surface area contributed by atoms with Gasteiger partial charge in [0.2, 0.25) is 0 Å². The maximum Gasteiger partial charge on any atom is 0.407 e. The highest BCUT2D eigenvalue weighted by Gasteiger charge is 2.33. The summed E-state index contributed by atoms with van der Waals surface area (Å²) in [6.45, 7) is 6.64. The van der Waals surface area contributed by atoms with E-state index in [9.17, 15) is 4.79 Å². The SMILES string of the molecule is CC(C)(C)OC(=O)NC(CN=C(N)NC1CCOc2ccccc21)C1CC1.I. The number of halogens is 1. The van der Waals surface area contributed by atoms with E-state index in [1.807, 2.05) is 45.0 Å². The van der Waals surface area contributed by atoms with Gasteiger partial charge in [0, 0.05) is 12.0 Å². The zero-order valence-electron chi connectivity index (χ0n) is 16.7. The van der Waals surface area contributed by atoms with E-state index in [0.717, 1.165) is 30.6 Å². The Hall–Kier alpha value is -1.71. The minimum absolute atomic E-state index is 0. The van der Waals surface area contributed by atoms with Crippen molar-refractivity contribution >= 4 is 36.0 Å². The molecule has 4 N–H and O–H groups in total. The Labute approximate surface area is 183 Å². The van der Waals surface area contributed by atoms with Crippen LogP contribution in [-0.4, -0.2) is 36.8 Å². The Morgan fingerprint density at radius 3 is 2.71 bits per heavy atom. The summed E-state index contributed by atoms with van der Waals surface area (Å²) in [6, 6.07) is 7.98. The predicted octanol–water partition coefficient (Wildman–Crippen LogP) is 3.34. The van der Waals surface area contributed by atoms with Crippen LogP contribution >= 0.6 is 24.0 Å². The molecular weight excluding hydrogens is 471 g/mol. The number of para-hydroxylation sites is 1. The topological polar surface area (TPSA) is 98.0 Å². The summed E-state index contributed by atoms with van der Waals surface area (Å²) >= 11 is 0. The number of carbonyl (C=O) groups is 1. The lowest BCUT2D eigenvalue weighted by atomic mass is 10.0. The summed E-state index contributed by atoms with van der Waals surface area (Å²) in [5.74, 6) is 1.71. The van der Waals surface area contributed by atoms with E-state index < -0.39 is 11.7 Å². The third-order valence-electron chi connectivity index (χ3n) is 4.63. The molecule has 1 fully saturated rings. The van der Waals surface area contributed by atoms with Gasteiger partial charge in [0.05, 0.1) is 25.2 Å². The maximum absolute atomic E-state index is 12.1. The van der Waals surface area contributed by atoms with Crippen LogP contribution in [0.5, 0.6) is 5.75 Å². The fourth-order valence-corrected chi connectivity index (χ4v) is 3.18. The summed E-state index contributed by atoms with van der Waals surface area (Å²) in [4.78, 5) is 16.5. The number of rotatable bonds is 5. The first-order valence-electron chi connectivity index (χ1n) is 9.59. The standard InChI is InChI=1S/C20H30N4O3.HI/c1-20(2,3)27-19(25)24-16(13-8-9-13)12-22-18(21)23-15-10-11-26-17-7-5-4-6-14(15)17;/h4-7,13,15-16H,8-12H2,1-3H3,(H,24,25)(H3,21,22,23);1H. The number of aliphatic imine (C=N–C) groups is 1. The molecule has 0 bridgehead atoms. The third-order valence-corrected chi connectivity index (χ3v) is 4.63.